The third kappa shape index (κ3) is 3.34. The molecule has 4 aromatic rings. The SMILES string of the molecule is N#Cc1ccc2c(c1)CCC[C@@H]2Nc1ccc2[nH]nc(-c3cncc(C4CC4)c3)c2c1. The molecule has 2 aromatic heterocycles. The molecule has 0 unspecified atom stereocenters. The van der Waals surface area contributed by atoms with Crippen molar-refractivity contribution in [2.24, 2.45) is 0 Å². The molecule has 5 heteroatoms. The Hall–Kier alpha value is -3.65. The summed E-state index contributed by atoms with van der Waals surface area (Å²) < 4.78 is 0. The fourth-order valence-electron chi connectivity index (χ4n) is 4.79. The number of aromatic nitrogens is 3. The number of nitrogens with zero attached hydrogens (tertiary/aromatic N) is 3. The van der Waals surface area contributed by atoms with Crippen LogP contribution in [0, 0.1) is 11.3 Å². The molecule has 1 fully saturated rings. The van der Waals surface area contributed by atoms with Gasteiger partial charge in [0.15, 0.2) is 0 Å². The van der Waals surface area contributed by atoms with Gasteiger partial charge in [0.25, 0.3) is 0 Å². The number of benzene rings is 2. The van der Waals surface area contributed by atoms with E-state index in [-0.39, 0.29) is 6.04 Å². The largest absolute Gasteiger partial charge is 0.378 e. The van der Waals surface area contributed by atoms with Crippen molar-refractivity contribution < 1.29 is 0 Å². The summed E-state index contributed by atoms with van der Waals surface area (Å²) in [6, 6.07) is 17.2. The van der Waals surface area contributed by atoms with E-state index in [1.54, 1.807) is 0 Å². The molecule has 0 bridgehead atoms. The number of hydrogen-bond donors (Lipinski definition) is 2. The van der Waals surface area contributed by atoms with E-state index in [9.17, 15) is 5.26 Å². The van der Waals surface area contributed by atoms with E-state index in [2.05, 4.69) is 56.9 Å². The van der Waals surface area contributed by atoms with Gasteiger partial charge in [0, 0.05) is 29.0 Å². The average Bonchev–Trinajstić information content (AvgIpc) is 3.58. The van der Waals surface area contributed by atoms with E-state index in [0.29, 0.717) is 5.92 Å². The first kappa shape index (κ1) is 18.1. The maximum absolute atomic E-state index is 9.21. The van der Waals surface area contributed by atoms with Crippen molar-refractivity contribution >= 4 is 16.6 Å². The molecule has 2 aromatic carbocycles. The third-order valence-corrected chi connectivity index (χ3v) is 6.57. The van der Waals surface area contributed by atoms with Gasteiger partial charge in [-0.25, -0.2) is 0 Å². The summed E-state index contributed by atoms with van der Waals surface area (Å²) in [5, 5.41) is 21.8. The van der Waals surface area contributed by atoms with Gasteiger partial charge in [-0.05, 0) is 91.1 Å². The van der Waals surface area contributed by atoms with Crippen LogP contribution < -0.4 is 5.32 Å². The van der Waals surface area contributed by atoms with Crippen LogP contribution in [0.5, 0.6) is 0 Å². The first-order valence-corrected chi connectivity index (χ1v) is 11.0. The third-order valence-electron chi connectivity index (χ3n) is 6.57. The number of pyridine rings is 1. The Morgan fingerprint density at radius 2 is 1.97 bits per heavy atom. The second-order valence-electron chi connectivity index (χ2n) is 8.73. The second kappa shape index (κ2) is 7.24. The molecule has 2 aliphatic carbocycles. The first-order chi connectivity index (χ1) is 15.3. The second-order valence-corrected chi connectivity index (χ2v) is 8.73. The molecule has 1 saturated carbocycles. The fraction of sp³-hybridized carbons (Fsp3) is 0.269. The summed E-state index contributed by atoms with van der Waals surface area (Å²) in [5.41, 5.74) is 8.79. The van der Waals surface area contributed by atoms with Crippen molar-refractivity contribution in [2.45, 2.75) is 44.1 Å². The van der Waals surface area contributed by atoms with Gasteiger partial charge in [0.1, 0.15) is 5.69 Å². The van der Waals surface area contributed by atoms with Crippen LogP contribution in [-0.4, -0.2) is 15.2 Å². The lowest BCUT2D eigenvalue weighted by Crippen LogP contribution is -2.17. The van der Waals surface area contributed by atoms with Gasteiger partial charge < -0.3 is 5.32 Å². The van der Waals surface area contributed by atoms with Crippen molar-refractivity contribution in [2.75, 3.05) is 5.32 Å². The molecule has 0 radical (unpaired) electrons. The van der Waals surface area contributed by atoms with Crippen molar-refractivity contribution in [3.05, 3.63) is 77.1 Å². The van der Waals surface area contributed by atoms with E-state index in [4.69, 9.17) is 0 Å². The number of fused-ring (bicyclic) bond motifs is 2. The van der Waals surface area contributed by atoms with E-state index in [1.165, 1.54) is 29.5 Å². The zero-order valence-electron chi connectivity index (χ0n) is 17.2. The van der Waals surface area contributed by atoms with Gasteiger partial charge in [-0.1, -0.05) is 6.07 Å². The van der Waals surface area contributed by atoms with Crippen molar-refractivity contribution in [1.29, 1.82) is 5.26 Å². The van der Waals surface area contributed by atoms with E-state index in [0.717, 1.165) is 52.7 Å². The molecule has 2 N–H and O–H groups in total. The number of rotatable bonds is 4. The van der Waals surface area contributed by atoms with Gasteiger partial charge in [0.2, 0.25) is 0 Å². The lowest BCUT2D eigenvalue weighted by molar-refractivity contribution is 0.600. The lowest BCUT2D eigenvalue weighted by atomic mass is 9.86. The lowest BCUT2D eigenvalue weighted by Gasteiger charge is -2.27. The molecule has 152 valence electrons. The molecular weight excluding hydrogens is 382 g/mol. The maximum Gasteiger partial charge on any atom is 0.102 e. The Morgan fingerprint density at radius 1 is 1.03 bits per heavy atom. The number of hydrogen-bond acceptors (Lipinski definition) is 4. The van der Waals surface area contributed by atoms with Crippen LogP contribution in [0.1, 0.15) is 59.9 Å². The van der Waals surface area contributed by atoms with Crippen LogP contribution in [0.25, 0.3) is 22.2 Å². The van der Waals surface area contributed by atoms with Gasteiger partial charge in [0.05, 0.1) is 23.2 Å². The molecule has 0 saturated heterocycles. The van der Waals surface area contributed by atoms with E-state index >= 15 is 0 Å². The molecule has 0 amide bonds. The Balaban J connectivity index is 1.34. The number of H-pyrrole nitrogens is 1. The van der Waals surface area contributed by atoms with Crippen molar-refractivity contribution in [3.63, 3.8) is 0 Å². The van der Waals surface area contributed by atoms with Crippen LogP contribution in [0.2, 0.25) is 0 Å². The normalized spacial score (nSPS) is 17.8. The molecule has 2 heterocycles. The van der Waals surface area contributed by atoms with Gasteiger partial charge in [-0.3, -0.25) is 10.1 Å². The van der Waals surface area contributed by atoms with Crippen LogP contribution in [0.4, 0.5) is 5.69 Å². The summed E-state index contributed by atoms with van der Waals surface area (Å²) in [5.74, 6) is 0.669. The summed E-state index contributed by atoms with van der Waals surface area (Å²) in [7, 11) is 0. The predicted molar refractivity (Wildman–Crippen MR) is 122 cm³/mol. The predicted octanol–water partition coefficient (Wildman–Crippen LogP) is 5.86. The van der Waals surface area contributed by atoms with Crippen LogP contribution in [0.15, 0.2) is 54.9 Å². The quantitative estimate of drug-likeness (QED) is 0.445. The summed E-state index contributed by atoms with van der Waals surface area (Å²) in [6.45, 7) is 0. The molecule has 6 rings (SSSR count). The van der Waals surface area contributed by atoms with Crippen LogP contribution >= 0.6 is 0 Å². The highest BCUT2D eigenvalue weighted by atomic mass is 15.1. The van der Waals surface area contributed by atoms with Crippen LogP contribution in [0.3, 0.4) is 0 Å². The van der Waals surface area contributed by atoms with E-state index in [1.807, 2.05) is 24.5 Å². The van der Waals surface area contributed by atoms with Crippen LogP contribution in [-0.2, 0) is 6.42 Å². The Bertz CT molecular complexity index is 1330. The van der Waals surface area contributed by atoms with E-state index < -0.39 is 0 Å². The number of aromatic amines is 1. The smallest absolute Gasteiger partial charge is 0.102 e. The Morgan fingerprint density at radius 3 is 2.84 bits per heavy atom. The highest BCUT2D eigenvalue weighted by Crippen LogP contribution is 2.41. The molecule has 1 atom stereocenters. The molecule has 0 spiro atoms. The Kier molecular flexibility index (Phi) is 4.24. The highest BCUT2D eigenvalue weighted by Gasteiger charge is 2.25. The number of nitrogens with one attached hydrogen (secondary N) is 2. The molecule has 0 aliphatic heterocycles. The zero-order chi connectivity index (χ0) is 20.8. The minimum Gasteiger partial charge on any atom is -0.378 e. The van der Waals surface area contributed by atoms with Gasteiger partial charge in [-0.2, -0.15) is 10.4 Å². The summed E-state index contributed by atoms with van der Waals surface area (Å²) in [6.07, 6.45) is 9.67. The first-order valence-electron chi connectivity index (χ1n) is 11.0. The Labute approximate surface area is 181 Å². The minimum absolute atomic E-state index is 0.254. The minimum atomic E-state index is 0.254. The maximum atomic E-state index is 9.21. The zero-order valence-corrected chi connectivity index (χ0v) is 17.2. The average molecular weight is 406 g/mol. The summed E-state index contributed by atoms with van der Waals surface area (Å²) in [4.78, 5) is 4.47. The molecular formula is C26H23N5. The highest BCUT2D eigenvalue weighted by molar-refractivity contribution is 5.94. The standard InChI is InChI=1S/C26H23N5/c27-13-16-4-8-22-18(10-16)2-1-3-24(22)29-21-7-9-25-23(12-21)26(31-30-25)20-11-19(14-28-15-20)17-5-6-17/h4,7-12,14-15,17,24,29H,1-3,5-6H2,(H,30,31)/t24-/m0/s1. The topological polar surface area (TPSA) is 77.4 Å². The number of anilines is 1. The van der Waals surface area contributed by atoms with Gasteiger partial charge >= 0.3 is 0 Å². The number of nitriles is 1. The monoisotopic (exact) mass is 405 g/mol. The van der Waals surface area contributed by atoms with Crippen molar-refractivity contribution in [1.82, 2.24) is 15.2 Å². The van der Waals surface area contributed by atoms with Gasteiger partial charge in [-0.15, -0.1) is 0 Å². The fourth-order valence-corrected chi connectivity index (χ4v) is 4.79. The number of aryl methyl sites for hydroxylation is 1. The summed E-state index contributed by atoms with van der Waals surface area (Å²) >= 11 is 0. The molecule has 5 nitrogen and oxygen atoms in total. The van der Waals surface area contributed by atoms with Crippen molar-refractivity contribution in [3.8, 4) is 17.3 Å². The molecule has 2 aliphatic rings. The molecule has 31 heavy (non-hydrogen) atoms.